The Morgan fingerprint density at radius 1 is 1.29 bits per heavy atom. The summed E-state index contributed by atoms with van der Waals surface area (Å²) in [5, 5.41) is 12.3. The number of halogens is 3. The highest BCUT2D eigenvalue weighted by molar-refractivity contribution is 5.29. The lowest BCUT2D eigenvalue weighted by Gasteiger charge is -2.18. The van der Waals surface area contributed by atoms with Crippen molar-refractivity contribution in [1.82, 2.24) is 5.32 Å². The zero-order valence-corrected chi connectivity index (χ0v) is 9.17. The maximum Gasteiger partial charge on any atom is 0.416 e. The van der Waals surface area contributed by atoms with Crippen LogP contribution >= 0.6 is 0 Å². The van der Waals surface area contributed by atoms with Crippen molar-refractivity contribution in [2.24, 2.45) is 5.92 Å². The fourth-order valence-electron chi connectivity index (χ4n) is 2.26. The lowest BCUT2D eigenvalue weighted by Crippen LogP contribution is -2.15. The summed E-state index contributed by atoms with van der Waals surface area (Å²) in [4.78, 5) is 0. The van der Waals surface area contributed by atoms with Gasteiger partial charge in [0.15, 0.2) is 0 Å². The van der Waals surface area contributed by atoms with E-state index in [9.17, 15) is 13.2 Å². The molecule has 17 heavy (non-hydrogen) atoms. The molecule has 1 aliphatic rings. The second-order valence-electron chi connectivity index (χ2n) is 4.33. The van der Waals surface area contributed by atoms with Gasteiger partial charge in [-0.05, 0) is 11.6 Å². The van der Waals surface area contributed by atoms with Gasteiger partial charge >= 0.3 is 6.18 Å². The van der Waals surface area contributed by atoms with Crippen molar-refractivity contribution in [3.63, 3.8) is 0 Å². The number of rotatable bonds is 2. The summed E-state index contributed by atoms with van der Waals surface area (Å²) >= 11 is 0. The quantitative estimate of drug-likeness (QED) is 0.835. The zero-order valence-electron chi connectivity index (χ0n) is 9.17. The van der Waals surface area contributed by atoms with Gasteiger partial charge in [-0.15, -0.1) is 0 Å². The highest BCUT2D eigenvalue weighted by Gasteiger charge is 2.33. The molecular weight excluding hydrogens is 231 g/mol. The first-order valence-corrected chi connectivity index (χ1v) is 5.51. The molecule has 0 radical (unpaired) electrons. The van der Waals surface area contributed by atoms with Gasteiger partial charge in [0.1, 0.15) is 0 Å². The molecular formula is C12H14F3NO. The average molecular weight is 245 g/mol. The zero-order chi connectivity index (χ0) is 12.5. The van der Waals surface area contributed by atoms with E-state index in [4.69, 9.17) is 5.11 Å². The molecule has 0 spiro atoms. The van der Waals surface area contributed by atoms with Gasteiger partial charge in [0.05, 0.1) is 5.56 Å². The molecule has 0 aromatic heterocycles. The summed E-state index contributed by atoms with van der Waals surface area (Å²) < 4.78 is 37.7. The van der Waals surface area contributed by atoms with Crippen LogP contribution in [-0.2, 0) is 6.18 Å². The second kappa shape index (κ2) is 4.66. The lowest BCUT2D eigenvalue weighted by atomic mass is 9.88. The molecule has 0 saturated carbocycles. The van der Waals surface area contributed by atoms with Crippen LogP contribution in [0.4, 0.5) is 13.2 Å². The molecule has 5 heteroatoms. The minimum Gasteiger partial charge on any atom is -0.396 e. The number of hydrogen-bond acceptors (Lipinski definition) is 2. The maximum absolute atomic E-state index is 12.6. The summed E-state index contributed by atoms with van der Waals surface area (Å²) in [6, 6.07) is 5.36. The van der Waals surface area contributed by atoms with E-state index in [2.05, 4.69) is 5.32 Å². The van der Waals surface area contributed by atoms with Crippen LogP contribution in [0.5, 0.6) is 0 Å². The molecule has 94 valence electrons. The minimum absolute atomic E-state index is 0.00140. The van der Waals surface area contributed by atoms with E-state index in [-0.39, 0.29) is 18.4 Å². The summed E-state index contributed by atoms with van der Waals surface area (Å²) in [7, 11) is 0. The molecule has 1 aliphatic heterocycles. The predicted octanol–water partition coefficient (Wildman–Crippen LogP) is 2.00. The van der Waals surface area contributed by atoms with Crippen molar-refractivity contribution >= 4 is 0 Å². The van der Waals surface area contributed by atoms with E-state index in [1.165, 1.54) is 12.1 Å². The van der Waals surface area contributed by atoms with Crippen LogP contribution in [0.3, 0.4) is 0 Å². The molecule has 2 nitrogen and oxygen atoms in total. The first-order chi connectivity index (χ1) is 8.02. The van der Waals surface area contributed by atoms with E-state index >= 15 is 0 Å². The SMILES string of the molecule is OC[C@@H]1CNC[C@H]1c1cccc(C(F)(F)F)c1. The van der Waals surface area contributed by atoms with Crippen LogP contribution < -0.4 is 5.32 Å². The second-order valence-corrected chi connectivity index (χ2v) is 4.33. The monoisotopic (exact) mass is 245 g/mol. The fraction of sp³-hybridized carbons (Fsp3) is 0.500. The summed E-state index contributed by atoms with van der Waals surface area (Å²) in [5.41, 5.74) is 0.0162. The summed E-state index contributed by atoms with van der Waals surface area (Å²) in [6.07, 6.45) is -4.31. The number of benzene rings is 1. The van der Waals surface area contributed by atoms with Gasteiger partial charge in [-0.2, -0.15) is 13.2 Å². The Morgan fingerprint density at radius 3 is 2.71 bits per heavy atom. The van der Waals surface area contributed by atoms with E-state index < -0.39 is 11.7 Å². The standard InChI is InChI=1S/C12H14F3NO/c13-12(14,15)10-3-1-2-8(4-10)11-6-16-5-9(11)7-17/h1-4,9,11,16-17H,5-7H2/t9-,11-/m0/s1. The van der Waals surface area contributed by atoms with E-state index in [1.54, 1.807) is 6.07 Å². The lowest BCUT2D eigenvalue weighted by molar-refractivity contribution is -0.137. The molecule has 1 saturated heterocycles. The Morgan fingerprint density at radius 2 is 2.06 bits per heavy atom. The third-order valence-electron chi connectivity index (χ3n) is 3.22. The van der Waals surface area contributed by atoms with Crippen molar-refractivity contribution < 1.29 is 18.3 Å². The highest BCUT2D eigenvalue weighted by atomic mass is 19.4. The molecule has 2 atom stereocenters. The maximum atomic E-state index is 12.6. The highest BCUT2D eigenvalue weighted by Crippen LogP contribution is 2.33. The first-order valence-electron chi connectivity index (χ1n) is 5.51. The molecule has 0 unspecified atom stereocenters. The molecule has 0 bridgehead atoms. The third-order valence-corrected chi connectivity index (χ3v) is 3.22. The van der Waals surface area contributed by atoms with Gasteiger partial charge in [-0.3, -0.25) is 0 Å². The topological polar surface area (TPSA) is 32.3 Å². The van der Waals surface area contributed by atoms with Crippen LogP contribution in [0.1, 0.15) is 17.0 Å². The Balaban J connectivity index is 2.27. The van der Waals surface area contributed by atoms with Gasteiger partial charge in [-0.1, -0.05) is 18.2 Å². The number of alkyl halides is 3. The van der Waals surface area contributed by atoms with E-state index in [1.807, 2.05) is 0 Å². The largest absolute Gasteiger partial charge is 0.416 e. The molecule has 1 heterocycles. The van der Waals surface area contributed by atoms with E-state index in [0.29, 0.717) is 18.7 Å². The molecule has 2 rings (SSSR count). The number of aliphatic hydroxyl groups is 1. The molecule has 2 N–H and O–H groups in total. The molecule has 1 fully saturated rings. The average Bonchev–Trinajstić information content (AvgIpc) is 2.76. The van der Waals surface area contributed by atoms with Crippen molar-refractivity contribution in [3.05, 3.63) is 35.4 Å². The van der Waals surface area contributed by atoms with Gasteiger partial charge in [-0.25, -0.2) is 0 Å². The van der Waals surface area contributed by atoms with Crippen molar-refractivity contribution in [1.29, 1.82) is 0 Å². The van der Waals surface area contributed by atoms with Crippen LogP contribution in [0, 0.1) is 5.92 Å². The number of hydrogen-bond donors (Lipinski definition) is 2. The summed E-state index contributed by atoms with van der Waals surface area (Å²) in [5.74, 6) is -0.0409. The van der Waals surface area contributed by atoms with Gasteiger partial charge in [0.2, 0.25) is 0 Å². The van der Waals surface area contributed by atoms with Gasteiger partial charge in [0.25, 0.3) is 0 Å². The number of nitrogens with one attached hydrogen (secondary N) is 1. The molecule has 1 aromatic carbocycles. The third kappa shape index (κ3) is 2.61. The van der Waals surface area contributed by atoms with Crippen molar-refractivity contribution in [2.45, 2.75) is 12.1 Å². The normalized spacial score (nSPS) is 25.2. The first kappa shape index (κ1) is 12.4. The number of aliphatic hydroxyl groups excluding tert-OH is 1. The molecule has 0 amide bonds. The van der Waals surface area contributed by atoms with Crippen LogP contribution in [-0.4, -0.2) is 24.8 Å². The van der Waals surface area contributed by atoms with Crippen molar-refractivity contribution in [2.75, 3.05) is 19.7 Å². The minimum atomic E-state index is -4.31. The Hall–Kier alpha value is -1.07. The van der Waals surface area contributed by atoms with Crippen LogP contribution in [0.15, 0.2) is 24.3 Å². The Labute approximate surface area is 97.5 Å². The summed E-state index contributed by atoms with van der Waals surface area (Å²) in [6.45, 7) is 1.26. The van der Waals surface area contributed by atoms with Crippen LogP contribution in [0.2, 0.25) is 0 Å². The smallest absolute Gasteiger partial charge is 0.396 e. The Kier molecular flexibility index (Phi) is 3.40. The van der Waals surface area contributed by atoms with E-state index in [0.717, 1.165) is 6.07 Å². The molecule has 0 aliphatic carbocycles. The fourth-order valence-corrected chi connectivity index (χ4v) is 2.26. The van der Waals surface area contributed by atoms with Gasteiger partial charge < -0.3 is 10.4 Å². The predicted molar refractivity (Wildman–Crippen MR) is 57.6 cm³/mol. The van der Waals surface area contributed by atoms with Gasteiger partial charge in [0, 0.05) is 31.5 Å². The molecule has 1 aromatic rings. The van der Waals surface area contributed by atoms with Crippen molar-refractivity contribution in [3.8, 4) is 0 Å². The van der Waals surface area contributed by atoms with Crippen LogP contribution in [0.25, 0.3) is 0 Å². The Bertz CT molecular complexity index is 392.